The Morgan fingerprint density at radius 2 is 1.78 bits per heavy atom. The van der Waals surface area contributed by atoms with E-state index in [1.54, 1.807) is 25.1 Å². The molecular formula is C19H20FNO2. The summed E-state index contributed by atoms with van der Waals surface area (Å²) in [4.78, 5) is 13.1. The quantitative estimate of drug-likeness (QED) is 0.846. The van der Waals surface area contributed by atoms with E-state index in [0.29, 0.717) is 0 Å². The summed E-state index contributed by atoms with van der Waals surface area (Å²) in [6, 6.07) is 14.1. The summed E-state index contributed by atoms with van der Waals surface area (Å²) in [5, 5.41) is 9.15. The molecule has 2 aromatic rings. The first kappa shape index (κ1) is 16.7. The van der Waals surface area contributed by atoms with Crippen LogP contribution >= 0.6 is 0 Å². The van der Waals surface area contributed by atoms with Crippen LogP contribution in [0, 0.1) is 5.82 Å². The van der Waals surface area contributed by atoms with Gasteiger partial charge < -0.3 is 10.0 Å². The monoisotopic (exact) mass is 313 g/mol. The van der Waals surface area contributed by atoms with Crippen molar-refractivity contribution in [1.82, 2.24) is 0 Å². The topological polar surface area (TPSA) is 40.5 Å². The Morgan fingerprint density at radius 3 is 2.30 bits per heavy atom. The molecule has 0 amide bonds. The van der Waals surface area contributed by atoms with Crippen molar-refractivity contribution in [1.29, 1.82) is 0 Å². The number of allylic oxidation sites excluding steroid dienone is 1. The molecule has 0 spiro atoms. The van der Waals surface area contributed by atoms with Gasteiger partial charge in [-0.05, 0) is 42.3 Å². The van der Waals surface area contributed by atoms with E-state index in [1.165, 1.54) is 12.1 Å². The number of carbonyl (C=O) groups is 1. The van der Waals surface area contributed by atoms with Crippen molar-refractivity contribution in [3.63, 3.8) is 0 Å². The lowest BCUT2D eigenvalue weighted by atomic mass is 9.89. The highest BCUT2D eigenvalue weighted by Gasteiger charge is 2.15. The minimum absolute atomic E-state index is 0.232. The van der Waals surface area contributed by atoms with Gasteiger partial charge in [0.05, 0.1) is 0 Å². The highest BCUT2D eigenvalue weighted by molar-refractivity contribution is 5.86. The number of anilines is 1. The zero-order chi connectivity index (χ0) is 17.0. The predicted octanol–water partition coefficient (Wildman–Crippen LogP) is 4.05. The minimum Gasteiger partial charge on any atom is -0.478 e. The molecule has 0 heterocycles. The largest absolute Gasteiger partial charge is 0.478 e. The third-order valence-electron chi connectivity index (χ3n) is 3.73. The van der Waals surface area contributed by atoms with Gasteiger partial charge >= 0.3 is 5.97 Å². The predicted molar refractivity (Wildman–Crippen MR) is 90.4 cm³/mol. The number of carboxylic acids is 1. The van der Waals surface area contributed by atoms with Crippen molar-refractivity contribution in [2.24, 2.45) is 0 Å². The van der Waals surface area contributed by atoms with Crippen LogP contribution in [0.5, 0.6) is 0 Å². The molecule has 4 heteroatoms. The fourth-order valence-electron chi connectivity index (χ4n) is 2.39. The molecule has 23 heavy (non-hydrogen) atoms. The number of benzene rings is 2. The van der Waals surface area contributed by atoms with Crippen LogP contribution in [-0.4, -0.2) is 25.2 Å². The van der Waals surface area contributed by atoms with Crippen LogP contribution in [0.3, 0.4) is 0 Å². The van der Waals surface area contributed by atoms with E-state index in [-0.39, 0.29) is 17.3 Å². The van der Waals surface area contributed by atoms with Crippen molar-refractivity contribution < 1.29 is 14.3 Å². The molecule has 0 radical (unpaired) electrons. The van der Waals surface area contributed by atoms with Crippen LogP contribution in [0.1, 0.15) is 24.0 Å². The van der Waals surface area contributed by atoms with Gasteiger partial charge in [0, 0.05) is 31.3 Å². The lowest BCUT2D eigenvalue weighted by Gasteiger charge is -2.17. The van der Waals surface area contributed by atoms with E-state index in [0.717, 1.165) is 16.8 Å². The number of aliphatic carboxylic acids is 1. The van der Waals surface area contributed by atoms with E-state index < -0.39 is 5.97 Å². The molecule has 1 atom stereocenters. The van der Waals surface area contributed by atoms with E-state index in [4.69, 9.17) is 5.11 Å². The third-order valence-corrected chi connectivity index (χ3v) is 3.73. The molecular weight excluding hydrogens is 293 g/mol. The number of hydrogen-bond acceptors (Lipinski definition) is 2. The number of rotatable bonds is 5. The Labute approximate surface area is 135 Å². The summed E-state index contributed by atoms with van der Waals surface area (Å²) in [6.45, 7) is 1.54. The molecule has 0 bridgehead atoms. The maximum atomic E-state index is 13.6. The van der Waals surface area contributed by atoms with Crippen LogP contribution in [0.4, 0.5) is 10.1 Å². The van der Waals surface area contributed by atoms with Crippen molar-refractivity contribution in [2.75, 3.05) is 19.0 Å². The molecule has 0 aliphatic heterocycles. The van der Waals surface area contributed by atoms with E-state index in [9.17, 15) is 9.18 Å². The summed E-state index contributed by atoms with van der Waals surface area (Å²) in [5.74, 6) is -1.62. The average molecular weight is 313 g/mol. The first-order valence-corrected chi connectivity index (χ1v) is 7.33. The maximum Gasteiger partial charge on any atom is 0.330 e. The second-order valence-electron chi connectivity index (χ2n) is 5.67. The SMILES string of the molecule is CC(=CC(c1ccc(N(C)C)cc1)c1cccc(F)c1)C(=O)O. The zero-order valence-electron chi connectivity index (χ0n) is 13.5. The Morgan fingerprint density at radius 1 is 1.13 bits per heavy atom. The first-order chi connectivity index (χ1) is 10.9. The molecule has 0 aromatic heterocycles. The second kappa shape index (κ2) is 7.09. The molecule has 2 rings (SSSR count). The number of nitrogens with zero attached hydrogens (tertiary/aromatic N) is 1. The number of carboxylic acid groups (broad SMARTS) is 1. The highest BCUT2D eigenvalue weighted by Crippen LogP contribution is 2.29. The Bertz CT molecular complexity index is 720. The smallest absolute Gasteiger partial charge is 0.330 e. The van der Waals surface area contributed by atoms with Gasteiger partial charge in [0.25, 0.3) is 0 Å². The molecule has 2 aromatic carbocycles. The molecule has 0 aliphatic carbocycles. The van der Waals surface area contributed by atoms with E-state index >= 15 is 0 Å². The van der Waals surface area contributed by atoms with Gasteiger partial charge in [0.15, 0.2) is 0 Å². The fourth-order valence-corrected chi connectivity index (χ4v) is 2.39. The Kier molecular flexibility index (Phi) is 5.16. The van der Waals surface area contributed by atoms with Crippen molar-refractivity contribution in [3.05, 3.63) is 77.1 Å². The standard InChI is InChI=1S/C19H20FNO2/c1-13(19(22)23)11-18(15-5-4-6-16(20)12-15)14-7-9-17(10-8-14)21(2)3/h4-12,18H,1-3H3,(H,22,23). The van der Waals surface area contributed by atoms with Crippen molar-refractivity contribution in [2.45, 2.75) is 12.8 Å². The summed E-state index contributed by atoms with van der Waals surface area (Å²) in [7, 11) is 3.90. The van der Waals surface area contributed by atoms with Gasteiger partial charge in [0.2, 0.25) is 0 Å². The lowest BCUT2D eigenvalue weighted by Crippen LogP contribution is -2.09. The summed E-state index contributed by atoms with van der Waals surface area (Å²) >= 11 is 0. The highest BCUT2D eigenvalue weighted by atomic mass is 19.1. The maximum absolute atomic E-state index is 13.6. The molecule has 0 saturated carbocycles. The average Bonchev–Trinajstić information content (AvgIpc) is 2.52. The van der Waals surface area contributed by atoms with Gasteiger partial charge in [-0.3, -0.25) is 0 Å². The summed E-state index contributed by atoms with van der Waals surface area (Å²) in [5.41, 5.74) is 2.92. The van der Waals surface area contributed by atoms with Gasteiger partial charge in [-0.15, -0.1) is 0 Å². The normalized spacial score (nSPS) is 12.8. The molecule has 3 nitrogen and oxygen atoms in total. The summed E-state index contributed by atoms with van der Waals surface area (Å²) < 4.78 is 13.6. The fraction of sp³-hybridized carbons (Fsp3) is 0.211. The second-order valence-corrected chi connectivity index (χ2v) is 5.67. The van der Waals surface area contributed by atoms with E-state index in [1.807, 2.05) is 43.3 Å². The van der Waals surface area contributed by atoms with Gasteiger partial charge in [-0.2, -0.15) is 0 Å². The van der Waals surface area contributed by atoms with Crippen LogP contribution in [0.15, 0.2) is 60.2 Å². The molecule has 0 aliphatic rings. The van der Waals surface area contributed by atoms with E-state index in [2.05, 4.69) is 0 Å². The van der Waals surface area contributed by atoms with Gasteiger partial charge in [-0.1, -0.05) is 30.3 Å². The van der Waals surface area contributed by atoms with Crippen LogP contribution in [0.2, 0.25) is 0 Å². The molecule has 0 saturated heterocycles. The lowest BCUT2D eigenvalue weighted by molar-refractivity contribution is -0.132. The van der Waals surface area contributed by atoms with Crippen LogP contribution in [0.25, 0.3) is 0 Å². The number of hydrogen-bond donors (Lipinski definition) is 1. The van der Waals surface area contributed by atoms with Crippen molar-refractivity contribution >= 4 is 11.7 Å². The Balaban J connectivity index is 2.49. The molecule has 0 fully saturated rings. The minimum atomic E-state index is -0.976. The third kappa shape index (κ3) is 4.19. The van der Waals surface area contributed by atoms with Crippen molar-refractivity contribution in [3.8, 4) is 0 Å². The van der Waals surface area contributed by atoms with Gasteiger partial charge in [0.1, 0.15) is 5.82 Å². The van der Waals surface area contributed by atoms with Crippen LogP contribution in [-0.2, 0) is 4.79 Å². The van der Waals surface area contributed by atoms with Crippen LogP contribution < -0.4 is 4.90 Å². The zero-order valence-corrected chi connectivity index (χ0v) is 13.5. The van der Waals surface area contributed by atoms with Gasteiger partial charge in [-0.25, -0.2) is 9.18 Å². The first-order valence-electron chi connectivity index (χ1n) is 7.33. The molecule has 1 N–H and O–H groups in total. The molecule has 120 valence electrons. The Hall–Kier alpha value is -2.62. The summed E-state index contributed by atoms with van der Waals surface area (Å²) in [6.07, 6.45) is 1.65. The molecule has 1 unspecified atom stereocenters. The number of halogens is 1.